The third-order valence-electron chi connectivity index (χ3n) is 1.75. The molecule has 0 unspecified atom stereocenters. The fourth-order valence-corrected chi connectivity index (χ4v) is 1.61. The van der Waals surface area contributed by atoms with E-state index < -0.39 is 10.1 Å². The molecule has 2 rings (SSSR count). The molecule has 15 heavy (non-hydrogen) atoms. The van der Waals surface area contributed by atoms with Gasteiger partial charge in [0, 0.05) is 5.56 Å². The Bertz CT molecular complexity index is 564. The summed E-state index contributed by atoms with van der Waals surface area (Å²) < 4.78 is 30.5. The molecule has 0 saturated carbocycles. The summed E-state index contributed by atoms with van der Waals surface area (Å²) in [5, 5.41) is 12.8. The van der Waals surface area contributed by atoms with Crippen LogP contribution < -0.4 is 0 Å². The highest BCUT2D eigenvalue weighted by Crippen LogP contribution is 2.17. The molecule has 0 spiro atoms. The van der Waals surface area contributed by atoms with Gasteiger partial charge in [-0.05, 0) is 22.6 Å². The third-order valence-corrected chi connectivity index (χ3v) is 2.60. The van der Waals surface area contributed by atoms with Crippen molar-refractivity contribution in [3.63, 3.8) is 0 Å². The lowest BCUT2D eigenvalue weighted by molar-refractivity contribution is 0.483. The molecule has 8 heteroatoms. The number of nitrogens with zero attached hydrogens (tertiary/aromatic N) is 3. The first kappa shape index (κ1) is 9.74. The highest BCUT2D eigenvalue weighted by Gasteiger charge is 2.11. The Labute approximate surface area is 84.9 Å². The van der Waals surface area contributed by atoms with E-state index in [4.69, 9.17) is 4.55 Å². The Kier molecular flexibility index (Phi) is 2.21. The van der Waals surface area contributed by atoms with Gasteiger partial charge in [-0.2, -0.15) is 8.42 Å². The van der Waals surface area contributed by atoms with E-state index >= 15 is 0 Å². The van der Waals surface area contributed by atoms with Crippen LogP contribution in [0, 0.1) is 0 Å². The topological polar surface area (TPSA) is 109 Å². The van der Waals surface area contributed by atoms with Crippen molar-refractivity contribution in [3.05, 3.63) is 24.3 Å². The zero-order valence-corrected chi connectivity index (χ0v) is 8.14. The van der Waals surface area contributed by atoms with Crippen LogP contribution in [-0.2, 0) is 10.1 Å². The van der Waals surface area contributed by atoms with Gasteiger partial charge < -0.3 is 0 Å². The van der Waals surface area contributed by atoms with E-state index in [9.17, 15) is 8.42 Å². The second-order valence-electron chi connectivity index (χ2n) is 2.75. The standard InChI is InChI=1S/C7H6N4O3S/c12-15(13,14)6-3-1-2-5(4-6)7-8-10-11-9-7/h1-4H,(H,12,13,14)(H,8,9,10,11). The van der Waals surface area contributed by atoms with E-state index in [1.807, 2.05) is 0 Å². The van der Waals surface area contributed by atoms with Crippen LogP contribution in [0.2, 0.25) is 0 Å². The Balaban J connectivity index is 2.53. The summed E-state index contributed by atoms with van der Waals surface area (Å²) in [5.74, 6) is 0.334. The summed E-state index contributed by atoms with van der Waals surface area (Å²) in [6.07, 6.45) is 0. The Morgan fingerprint density at radius 1 is 1.33 bits per heavy atom. The van der Waals surface area contributed by atoms with Gasteiger partial charge in [0.25, 0.3) is 10.1 Å². The second kappa shape index (κ2) is 3.41. The van der Waals surface area contributed by atoms with E-state index in [2.05, 4.69) is 20.6 Å². The molecule has 1 aromatic heterocycles. The maximum atomic E-state index is 10.8. The molecule has 0 fully saturated rings. The van der Waals surface area contributed by atoms with Crippen molar-refractivity contribution in [2.24, 2.45) is 0 Å². The molecule has 0 radical (unpaired) electrons. The van der Waals surface area contributed by atoms with Gasteiger partial charge >= 0.3 is 0 Å². The van der Waals surface area contributed by atoms with Crippen LogP contribution >= 0.6 is 0 Å². The molecule has 0 atom stereocenters. The molecular formula is C7H6N4O3S. The molecule has 1 aromatic carbocycles. The summed E-state index contributed by atoms with van der Waals surface area (Å²) in [6, 6.07) is 5.66. The number of hydrogen-bond donors (Lipinski definition) is 2. The molecule has 1 heterocycles. The predicted octanol–water partition coefficient (Wildman–Crippen LogP) is 0.113. The molecule has 0 bridgehead atoms. The number of H-pyrrole nitrogens is 1. The fraction of sp³-hybridized carbons (Fsp3) is 0. The minimum absolute atomic E-state index is 0.198. The summed E-state index contributed by atoms with van der Waals surface area (Å²) >= 11 is 0. The number of aromatic nitrogens is 4. The van der Waals surface area contributed by atoms with Crippen LogP contribution in [-0.4, -0.2) is 33.6 Å². The Morgan fingerprint density at radius 2 is 2.13 bits per heavy atom. The Morgan fingerprint density at radius 3 is 2.73 bits per heavy atom. The summed E-state index contributed by atoms with van der Waals surface area (Å²) in [4.78, 5) is -0.198. The van der Waals surface area contributed by atoms with Crippen molar-refractivity contribution in [3.8, 4) is 11.4 Å². The van der Waals surface area contributed by atoms with Crippen molar-refractivity contribution in [2.45, 2.75) is 4.90 Å². The van der Waals surface area contributed by atoms with Gasteiger partial charge in [0.2, 0.25) is 0 Å². The maximum absolute atomic E-state index is 10.8. The lowest BCUT2D eigenvalue weighted by Gasteiger charge is -1.98. The molecule has 0 aliphatic carbocycles. The van der Waals surface area contributed by atoms with Gasteiger partial charge in [0.05, 0.1) is 4.90 Å². The van der Waals surface area contributed by atoms with Crippen molar-refractivity contribution < 1.29 is 13.0 Å². The summed E-state index contributed by atoms with van der Waals surface area (Å²) in [5.41, 5.74) is 0.482. The molecule has 0 saturated heterocycles. The molecular weight excluding hydrogens is 220 g/mol. The zero-order chi connectivity index (χ0) is 10.9. The minimum Gasteiger partial charge on any atom is -0.282 e. The van der Waals surface area contributed by atoms with Crippen LogP contribution in [0.1, 0.15) is 0 Å². The number of nitrogens with one attached hydrogen (secondary N) is 1. The van der Waals surface area contributed by atoms with Gasteiger partial charge in [-0.1, -0.05) is 12.1 Å². The van der Waals surface area contributed by atoms with Gasteiger partial charge in [-0.15, -0.1) is 5.10 Å². The first-order chi connectivity index (χ1) is 7.07. The zero-order valence-electron chi connectivity index (χ0n) is 7.32. The molecule has 0 amide bonds. The number of benzene rings is 1. The van der Waals surface area contributed by atoms with Crippen LogP contribution in [0.25, 0.3) is 11.4 Å². The van der Waals surface area contributed by atoms with E-state index in [-0.39, 0.29) is 4.90 Å². The minimum atomic E-state index is -4.20. The van der Waals surface area contributed by atoms with E-state index in [1.165, 1.54) is 18.2 Å². The molecule has 2 aromatic rings. The van der Waals surface area contributed by atoms with E-state index in [1.54, 1.807) is 6.07 Å². The second-order valence-corrected chi connectivity index (χ2v) is 4.17. The lowest BCUT2D eigenvalue weighted by Crippen LogP contribution is -1.98. The molecule has 2 N–H and O–H groups in total. The van der Waals surface area contributed by atoms with Crippen molar-refractivity contribution >= 4 is 10.1 Å². The fourth-order valence-electron chi connectivity index (χ4n) is 1.09. The number of aromatic amines is 1. The van der Waals surface area contributed by atoms with Gasteiger partial charge in [0.1, 0.15) is 0 Å². The van der Waals surface area contributed by atoms with Crippen molar-refractivity contribution in [1.29, 1.82) is 0 Å². The molecule has 78 valence electrons. The highest BCUT2D eigenvalue weighted by atomic mass is 32.2. The van der Waals surface area contributed by atoms with Crippen molar-refractivity contribution in [1.82, 2.24) is 20.6 Å². The van der Waals surface area contributed by atoms with Crippen LogP contribution in [0.4, 0.5) is 0 Å². The van der Waals surface area contributed by atoms with Crippen LogP contribution in [0.15, 0.2) is 29.2 Å². The quantitative estimate of drug-likeness (QED) is 0.703. The van der Waals surface area contributed by atoms with Gasteiger partial charge in [-0.25, -0.2) is 5.10 Å². The third kappa shape index (κ3) is 2.00. The van der Waals surface area contributed by atoms with Gasteiger partial charge in [0.15, 0.2) is 5.82 Å². The first-order valence-electron chi connectivity index (χ1n) is 3.89. The molecule has 7 nitrogen and oxygen atoms in total. The average molecular weight is 226 g/mol. The predicted molar refractivity (Wildman–Crippen MR) is 49.4 cm³/mol. The van der Waals surface area contributed by atoms with Crippen molar-refractivity contribution in [2.75, 3.05) is 0 Å². The SMILES string of the molecule is O=S(=O)(O)c1cccc(-c2nnn[nH]2)c1. The van der Waals surface area contributed by atoms with Gasteiger partial charge in [-0.3, -0.25) is 4.55 Å². The Hall–Kier alpha value is -1.80. The van der Waals surface area contributed by atoms with E-state index in [0.717, 1.165) is 0 Å². The number of hydrogen-bond acceptors (Lipinski definition) is 5. The normalized spacial score (nSPS) is 11.5. The lowest BCUT2D eigenvalue weighted by atomic mass is 10.2. The first-order valence-corrected chi connectivity index (χ1v) is 5.33. The monoisotopic (exact) mass is 226 g/mol. The van der Waals surface area contributed by atoms with Crippen LogP contribution in [0.5, 0.6) is 0 Å². The maximum Gasteiger partial charge on any atom is 0.294 e. The highest BCUT2D eigenvalue weighted by molar-refractivity contribution is 7.85. The summed E-state index contributed by atoms with van der Waals surface area (Å²) in [7, 11) is -4.20. The molecule has 0 aliphatic rings. The number of rotatable bonds is 2. The average Bonchev–Trinajstić information content (AvgIpc) is 2.69. The largest absolute Gasteiger partial charge is 0.294 e. The summed E-state index contributed by atoms with van der Waals surface area (Å²) in [6.45, 7) is 0. The van der Waals surface area contributed by atoms with E-state index in [0.29, 0.717) is 11.4 Å². The van der Waals surface area contributed by atoms with Crippen LogP contribution in [0.3, 0.4) is 0 Å². The number of tetrazole rings is 1. The smallest absolute Gasteiger partial charge is 0.282 e. The molecule has 0 aliphatic heterocycles.